The summed E-state index contributed by atoms with van der Waals surface area (Å²) < 4.78 is 46.5. The molecule has 23 heavy (non-hydrogen) atoms. The zero-order chi connectivity index (χ0) is 17.3. The number of rotatable bonds is 8. The minimum Gasteiger partial charge on any atom is -0.382 e. The summed E-state index contributed by atoms with van der Waals surface area (Å²) >= 11 is 0. The second kappa shape index (κ2) is 9.71. The van der Waals surface area contributed by atoms with Gasteiger partial charge in [-0.3, -0.25) is 9.59 Å². The van der Waals surface area contributed by atoms with E-state index in [1.54, 1.807) is 7.11 Å². The van der Waals surface area contributed by atoms with Gasteiger partial charge in [0.05, 0.1) is 19.8 Å². The first kappa shape index (κ1) is 19.7. The maximum absolute atomic E-state index is 12.2. The van der Waals surface area contributed by atoms with Gasteiger partial charge in [-0.2, -0.15) is 13.2 Å². The monoisotopic (exact) mass is 340 g/mol. The molecule has 0 aromatic heterocycles. The van der Waals surface area contributed by atoms with Crippen molar-refractivity contribution in [1.82, 2.24) is 10.6 Å². The number of carbonyl (C=O) groups is 2. The summed E-state index contributed by atoms with van der Waals surface area (Å²) in [6.45, 7) is 1.19. The highest BCUT2D eigenvalue weighted by atomic mass is 19.4. The fourth-order valence-corrected chi connectivity index (χ4v) is 2.36. The number of methoxy groups -OCH3 is 1. The first-order valence-corrected chi connectivity index (χ1v) is 7.56. The first-order chi connectivity index (χ1) is 10.8. The van der Waals surface area contributed by atoms with Gasteiger partial charge in [0.1, 0.15) is 0 Å². The van der Waals surface area contributed by atoms with E-state index in [-0.39, 0.29) is 18.4 Å². The Morgan fingerprint density at radius 3 is 2.09 bits per heavy atom. The predicted molar refractivity (Wildman–Crippen MR) is 75.7 cm³/mol. The molecule has 0 aromatic rings. The molecule has 0 spiro atoms. The van der Waals surface area contributed by atoms with Crippen LogP contribution in [0.3, 0.4) is 0 Å². The number of hydrogen-bond donors (Lipinski definition) is 2. The molecule has 1 aliphatic rings. The molecule has 0 radical (unpaired) electrons. The normalized spacial score (nSPS) is 21.7. The Bertz CT molecular complexity index is 383. The minimum absolute atomic E-state index is 0.0690. The van der Waals surface area contributed by atoms with Crippen LogP contribution in [0.4, 0.5) is 13.2 Å². The van der Waals surface area contributed by atoms with Crippen molar-refractivity contribution in [3.63, 3.8) is 0 Å². The van der Waals surface area contributed by atoms with E-state index in [1.807, 2.05) is 5.32 Å². The van der Waals surface area contributed by atoms with Gasteiger partial charge in [-0.05, 0) is 25.7 Å². The lowest BCUT2D eigenvalue weighted by Crippen LogP contribution is -2.47. The molecule has 0 saturated heterocycles. The summed E-state index contributed by atoms with van der Waals surface area (Å²) in [4.78, 5) is 22.6. The van der Waals surface area contributed by atoms with Crippen molar-refractivity contribution in [1.29, 1.82) is 0 Å². The van der Waals surface area contributed by atoms with E-state index in [1.165, 1.54) is 0 Å². The Balaban J connectivity index is 2.16. The lowest BCUT2D eigenvalue weighted by Gasteiger charge is -2.29. The average molecular weight is 340 g/mol. The summed E-state index contributed by atoms with van der Waals surface area (Å²) in [6, 6.07) is -0.560. The SMILES string of the molecule is COCCOCCC(=O)NC1CCC(NC(=O)C(F)(F)F)CC1. The highest BCUT2D eigenvalue weighted by Gasteiger charge is 2.40. The van der Waals surface area contributed by atoms with Crippen LogP contribution in [-0.2, 0) is 19.1 Å². The van der Waals surface area contributed by atoms with E-state index in [4.69, 9.17) is 9.47 Å². The molecule has 0 bridgehead atoms. The third-order valence-corrected chi connectivity index (χ3v) is 3.59. The molecule has 1 fully saturated rings. The molecule has 1 rings (SSSR count). The fraction of sp³-hybridized carbons (Fsp3) is 0.857. The molecule has 0 heterocycles. The van der Waals surface area contributed by atoms with Crippen LogP contribution in [-0.4, -0.2) is 57.0 Å². The van der Waals surface area contributed by atoms with Gasteiger partial charge in [0.25, 0.3) is 0 Å². The van der Waals surface area contributed by atoms with Crippen LogP contribution in [0.1, 0.15) is 32.1 Å². The predicted octanol–water partition coefficient (Wildman–Crippen LogP) is 1.15. The number of alkyl halides is 3. The quantitative estimate of drug-likeness (QED) is 0.650. The summed E-state index contributed by atoms with van der Waals surface area (Å²) in [5, 5.41) is 4.81. The lowest BCUT2D eigenvalue weighted by atomic mass is 9.91. The van der Waals surface area contributed by atoms with E-state index < -0.39 is 18.1 Å². The minimum atomic E-state index is -4.85. The second-order valence-corrected chi connectivity index (χ2v) is 5.44. The summed E-state index contributed by atoms with van der Waals surface area (Å²) in [5.74, 6) is -2.05. The topological polar surface area (TPSA) is 76.7 Å². The Morgan fingerprint density at radius 2 is 1.57 bits per heavy atom. The number of nitrogens with one attached hydrogen (secondary N) is 2. The summed E-state index contributed by atoms with van der Waals surface area (Å²) in [7, 11) is 1.56. The molecule has 134 valence electrons. The number of halogens is 3. The van der Waals surface area contributed by atoms with E-state index in [0.29, 0.717) is 45.5 Å². The zero-order valence-corrected chi connectivity index (χ0v) is 13.1. The molecule has 1 aliphatic carbocycles. The van der Waals surface area contributed by atoms with Crippen molar-refractivity contribution in [2.45, 2.75) is 50.4 Å². The van der Waals surface area contributed by atoms with Crippen LogP contribution in [0.2, 0.25) is 0 Å². The highest BCUT2D eigenvalue weighted by Crippen LogP contribution is 2.21. The lowest BCUT2D eigenvalue weighted by molar-refractivity contribution is -0.174. The standard InChI is InChI=1S/C14H23F3N2O4/c1-22-8-9-23-7-6-12(20)18-10-2-4-11(5-3-10)19-13(21)14(15,16)17/h10-11H,2-9H2,1H3,(H,18,20)(H,19,21). The Morgan fingerprint density at radius 1 is 1.00 bits per heavy atom. The molecule has 9 heteroatoms. The van der Waals surface area contributed by atoms with Crippen molar-refractivity contribution >= 4 is 11.8 Å². The molecule has 2 amide bonds. The molecule has 0 aromatic carbocycles. The van der Waals surface area contributed by atoms with Crippen molar-refractivity contribution in [2.75, 3.05) is 26.9 Å². The second-order valence-electron chi connectivity index (χ2n) is 5.44. The Hall–Kier alpha value is -1.35. The van der Waals surface area contributed by atoms with E-state index >= 15 is 0 Å². The van der Waals surface area contributed by atoms with Crippen LogP contribution < -0.4 is 10.6 Å². The van der Waals surface area contributed by atoms with Crippen LogP contribution in [0.15, 0.2) is 0 Å². The molecule has 6 nitrogen and oxygen atoms in total. The highest BCUT2D eigenvalue weighted by molar-refractivity contribution is 5.82. The molecule has 1 saturated carbocycles. The Labute approximate surface area is 133 Å². The summed E-state index contributed by atoms with van der Waals surface area (Å²) in [6.07, 6.45) is -2.71. The van der Waals surface area contributed by atoms with Gasteiger partial charge in [0, 0.05) is 25.6 Å². The van der Waals surface area contributed by atoms with E-state index in [2.05, 4.69) is 5.32 Å². The smallest absolute Gasteiger partial charge is 0.382 e. The molecule has 0 aliphatic heterocycles. The molecule has 0 unspecified atom stereocenters. The molecule has 0 atom stereocenters. The third-order valence-electron chi connectivity index (χ3n) is 3.59. The molecular weight excluding hydrogens is 317 g/mol. The third kappa shape index (κ3) is 8.17. The number of ether oxygens (including phenoxy) is 2. The maximum atomic E-state index is 12.2. The van der Waals surface area contributed by atoms with Crippen molar-refractivity contribution in [3.8, 4) is 0 Å². The van der Waals surface area contributed by atoms with Crippen molar-refractivity contribution in [2.24, 2.45) is 0 Å². The molecular formula is C14H23F3N2O4. The Kier molecular flexibility index (Phi) is 8.32. The fourth-order valence-electron chi connectivity index (χ4n) is 2.36. The van der Waals surface area contributed by atoms with Crippen LogP contribution >= 0.6 is 0 Å². The van der Waals surface area contributed by atoms with Gasteiger partial charge < -0.3 is 20.1 Å². The number of carbonyl (C=O) groups excluding carboxylic acids is 2. The van der Waals surface area contributed by atoms with Gasteiger partial charge in [0.2, 0.25) is 5.91 Å². The van der Waals surface area contributed by atoms with Crippen molar-refractivity contribution < 1.29 is 32.2 Å². The van der Waals surface area contributed by atoms with Crippen LogP contribution in [0.5, 0.6) is 0 Å². The average Bonchev–Trinajstić information content (AvgIpc) is 2.48. The molecule has 2 N–H and O–H groups in total. The van der Waals surface area contributed by atoms with E-state index in [0.717, 1.165) is 0 Å². The van der Waals surface area contributed by atoms with Gasteiger partial charge in [0.15, 0.2) is 0 Å². The van der Waals surface area contributed by atoms with Gasteiger partial charge in [-0.15, -0.1) is 0 Å². The number of hydrogen-bond acceptors (Lipinski definition) is 4. The van der Waals surface area contributed by atoms with Gasteiger partial charge in [-0.25, -0.2) is 0 Å². The van der Waals surface area contributed by atoms with Crippen LogP contribution in [0.25, 0.3) is 0 Å². The maximum Gasteiger partial charge on any atom is 0.471 e. The van der Waals surface area contributed by atoms with Gasteiger partial charge in [-0.1, -0.05) is 0 Å². The van der Waals surface area contributed by atoms with Crippen LogP contribution in [0, 0.1) is 0 Å². The van der Waals surface area contributed by atoms with Crippen molar-refractivity contribution in [3.05, 3.63) is 0 Å². The zero-order valence-electron chi connectivity index (χ0n) is 13.1. The number of amides is 2. The van der Waals surface area contributed by atoms with E-state index in [9.17, 15) is 22.8 Å². The van der Waals surface area contributed by atoms with Gasteiger partial charge >= 0.3 is 12.1 Å². The largest absolute Gasteiger partial charge is 0.471 e. The summed E-state index contributed by atoms with van der Waals surface area (Å²) in [5.41, 5.74) is 0. The first-order valence-electron chi connectivity index (χ1n) is 7.56.